The second kappa shape index (κ2) is 4.17. The third-order valence-corrected chi connectivity index (χ3v) is 4.50. The highest BCUT2D eigenvalue weighted by atomic mass is 35.5. The molecule has 1 N–H and O–H groups in total. The minimum Gasteiger partial charge on any atom is -0.323 e. The predicted molar refractivity (Wildman–Crippen MR) is 65.2 cm³/mol. The first-order valence-corrected chi connectivity index (χ1v) is 6.88. The van der Waals surface area contributed by atoms with E-state index >= 15 is 0 Å². The summed E-state index contributed by atoms with van der Waals surface area (Å²) in [4.78, 5) is 25.4. The van der Waals surface area contributed by atoms with Gasteiger partial charge in [-0.15, -0.1) is 5.10 Å². The monoisotopic (exact) mass is 286 g/mol. The minimum atomic E-state index is -0.674. The van der Waals surface area contributed by atoms with Gasteiger partial charge in [0.25, 0.3) is 5.91 Å². The third-order valence-electron chi connectivity index (χ3n) is 3.52. The molecule has 8 heteroatoms. The lowest BCUT2D eigenvalue weighted by Gasteiger charge is -2.19. The average molecular weight is 287 g/mol. The zero-order valence-corrected chi connectivity index (χ0v) is 11.1. The quantitative estimate of drug-likeness (QED) is 0.837. The Morgan fingerprint density at radius 1 is 1.39 bits per heavy atom. The van der Waals surface area contributed by atoms with Crippen molar-refractivity contribution in [2.24, 2.45) is 0 Å². The smallest absolute Gasteiger partial charge is 0.323 e. The number of carbonyl (C=O) groups excluding carboxylic acids is 2. The molecule has 2 heterocycles. The van der Waals surface area contributed by atoms with E-state index in [9.17, 15) is 9.59 Å². The van der Waals surface area contributed by atoms with Gasteiger partial charge in [0.05, 0.1) is 6.54 Å². The van der Waals surface area contributed by atoms with Crippen LogP contribution in [0, 0.1) is 0 Å². The van der Waals surface area contributed by atoms with Crippen LogP contribution < -0.4 is 5.32 Å². The summed E-state index contributed by atoms with van der Waals surface area (Å²) in [5, 5.41) is 6.64. The van der Waals surface area contributed by atoms with Crippen molar-refractivity contribution in [1.82, 2.24) is 19.8 Å². The molecule has 0 atom stereocenters. The molecule has 1 aromatic heterocycles. The summed E-state index contributed by atoms with van der Waals surface area (Å²) < 4.78 is 4.11. The summed E-state index contributed by atoms with van der Waals surface area (Å²) in [5.41, 5.74) is -0.201. The van der Waals surface area contributed by atoms with E-state index in [2.05, 4.69) is 14.9 Å². The fourth-order valence-corrected chi connectivity index (χ4v) is 3.19. The summed E-state index contributed by atoms with van der Waals surface area (Å²) in [7, 11) is 0. The third kappa shape index (κ3) is 1.69. The summed E-state index contributed by atoms with van der Waals surface area (Å²) in [6.45, 7) is 0.0990. The van der Waals surface area contributed by atoms with Gasteiger partial charge < -0.3 is 5.32 Å². The molecule has 1 saturated carbocycles. The molecule has 3 rings (SSSR count). The maximum absolute atomic E-state index is 12.3. The molecule has 18 heavy (non-hydrogen) atoms. The van der Waals surface area contributed by atoms with Gasteiger partial charge in [-0.25, -0.2) is 4.79 Å². The molecule has 0 radical (unpaired) electrons. The van der Waals surface area contributed by atoms with Crippen LogP contribution in [0.15, 0.2) is 0 Å². The van der Waals surface area contributed by atoms with Gasteiger partial charge in [0.15, 0.2) is 0 Å². The van der Waals surface area contributed by atoms with Gasteiger partial charge in [-0.05, 0) is 12.8 Å². The molecule has 1 saturated heterocycles. The lowest BCUT2D eigenvalue weighted by atomic mass is 9.98. The maximum atomic E-state index is 12.3. The van der Waals surface area contributed by atoms with E-state index in [0.717, 1.165) is 37.2 Å². The van der Waals surface area contributed by atoms with E-state index in [1.165, 1.54) is 4.90 Å². The first-order chi connectivity index (χ1) is 8.62. The number of aromatic nitrogens is 2. The van der Waals surface area contributed by atoms with Crippen molar-refractivity contribution in [3.8, 4) is 0 Å². The Balaban J connectivity index is 1.83. The highest BCUT2D eigenvalue weighted by molar-refractivity contribution is 7.10. The van der Waals surface area contributed by atoms with Crippen molar-refractivity contribution in [3.05, 3.63) is 10.0 Å². The zero-order valence-electron chi connectivity index (χ0n) is 9.48. The van der Waals surface area contributed by atoms with Crippen molar-refractivity contribution < 1.29 is 9.59 Å². The molecule has 0 unspecified atom stereocenters. The molecular formula is C10H11ClN4O2S. The van der Waals surface area contributed by atoms with Crippen molar-refractivity contribution in [2.45, 2.75) is 37.8 Å². The molecule has 6 nitrogen and oxygen atoms in total. The number of rotatable bonds is 2. The molecular weight excluding hydrogens is 276 g/mol. The van der Waals surface area contributed by atoms with E-state index in [4.69, 9.17) is 11.6 Å². The van der Waals surface area contributed by atoms with Crippen LogP contribution in [0.5, 0.6) is 0 Å². The highest BCUT2D eigenvalue weighted by Crippen LogP contribution is 2.35. The Morgan fingerprint density at radius 2 is 2.11 bits per heavy atom. The number of hydrogen-bond acceptors (Lipinski definition) is 5. The summed E-state index contributed by atoms with van der Waals surface area (Å²) in [6.07, 6.45) is 3.38. The number of nitrogens with zero attached hydrogens (tertiary/aromatic N) is 3. The number of urea groups is 1. The van der Waals surface area contributed by atoms with Gasteiger partial charge >= 0.3 is 6.03 Å². The van der Waals surface area contributed by atoms with E-state index in [1.807, 2.05) is 0 Å². The van der Waals surface area contributed by atoms with E-state index in [-0.39, 0.29) is 18.5 Å². The Bertz CT molecular complexity index is 512. The highest BCUT2D eigenvalue weighted by Gasteiger charge is 2.52. The maximum Gasteiger partial charge on any atom is 0.325 e. The standard InChI is InChI=1S/C10H11ClN4O2S/c11-7-6(13-14-18-7)5-15-8(16)10(12-9(15)17)3-1-2-4-10/h1-5H2,(H,12,17). The molecule has 1 spiro atoms. The normalized spacial score (nSPS) is 21.9. The minimum absolute atomic E-state index is 0.0990. The van der Waals surface area contributed by atoms with Gasteiger partial charge in [0, 0.05) is 11.5 Å². The molecule has 3 amide bonds. The van der Waals surface area contributed by atoms with Gasteiger partial charge in [-0.1, -0.05) is 28.9 Å². The summed E-state index contributed by atoms with van der Waals surface area (Å²) >= 11 is 6.94. The van der Waals surface area contributed by atoms with Crippen molar-refractivity contribution >= 4 is 35.1 Å². The largest absolute Gasteiger partial charge is 0.325 e. The first-order valence-electron chi connectivity index (χ1n) is 5.73. The second-order valence-corrected chi connectivity index (χ2v) is 5.96. The van der Waals surface area contributed by atoms with Crippen molar-refractivity contribution in [3.63, 3.8) is 0 Å². The van der Waals surface area contributed by atoms with E-state index in [1.54, 1.807) is 0 Å². The molecule has 0 bridgehead atoms. The molecule has 2 fully saturated rings. The van der Waals surface area contributed by atoms with Crippen molar-refractivity contribution in [2.75, 3.05) is 0 Å². The van der Waals surface area contributed by atoms with Gasteiger partial charge in [0.2, 0.25) is 0 Å². The molecule has 1 aliphatic heterocycles. The number of imide groups is 1. The zero-order chi connectivity index (χ0) is 12.8. The topological polar surface area (TPSA) is 75.2 Å². The SMILES string of the molecule is O=C1NC2(CCCC2)C(=O)N1Cc1nnsc1Cl. The predicted octanol–water partition coefficient (Wildman–Crippen LogP) is 1.56. The fourth-order valence-electron chi connectivity index (χ4n) is 2.58. The Kier molecular flexibility index (Phi) is 2.74. The van der Waals surface area contributed by atoms with Crippen LogP contribution in [0.3, 0.4) is 0 Å². The number of halogens is 1. The van der Waals surface area contributed by atoms with E-state index in [0.29, 0.717) is 10.0 Å². The Morgan fingerprint density at radius 3 is 2.72 bits per heavy atom. The number of amides is 3. The average Bonchev–Trinajstić information content (AvgIpc) is 3.00. The lowest BCUT2D eigenvalue weighted by Crippen LogP contribution is -2.44. The Labute approximate surface area is 112 Å². The summed E-state index contributed by atoms with van der Waals surface area (Å²) in [6, 6.07) is -0.356. The molecule has 0 aromatic carbocycles. The molecule has 2 aliphatic rings. The van der Waals surface area contributed by atoms with Gasteiger partial charge in [0.1, 0.15) is 15.6 Å². The van der Waals surface area contributed by atoms with Crippen LogP contribution in [0.2, 0.25) is 4.34 Å². The Hall–Kier alpha value is -1.21. The number of carbonyl (C=O) groups is 2. The van der Waals surface area contributed by atoms with Gasteiger partial charge in [-0.3, -0.25) is 9.69 Å². The number of nitrogens with one attached hydrogen (secondary N) is 1. The van der Waals surface area contributed by atoms with Crippen LogP contribution in [-0.4, -0.2) is 32.0 Å². The van der Waals surface area contributed by atoms with Crippen LogP contribution in [0.25, 0.3) is 0 Å². The van der Waals surface area contributed by atoms with Crippen molar-refractivity contribution in [1.29, 1.82) is 0 Å². The number of hydrogen-bond donors (Lipinski definition) is 1. The van der Waals surface area contributed by atoms with Crippen LogP contribution in [0.1, 0.15) is 31.4 Å². The van der Waals surface area contributed by atoms with Crippen LogP contribution in [0.4, 0.5) is 4.79 Å². The van der Waals surface area contributed by atoms with E-state index < -0.39 is 5.54 Å². The first kappa shape index (κ1) is 11.9. The van der Waals surface area contributed by atoms with Crippen LogP contribution in [-0.2, 0) is 11.3 Å². The second-order valence-electron chi connectivity index (χ2n) is 4.60. The molecule has 1 aromatic rings. The molecule has 96 valence electrons. The fraction of sp³-hybridized carbons (Fsp3) is 0.600. The molecule has 1 aliphatic carbocycles. The van der Waals surface area contributed by atoms with Crippen LogP contribution >= 0.6 is 23.1 Å². The lowest BCUT2D eigenvalue weighted by molar-refractivity contribution is -0.131. The van der Waals surface area contributed by atoms with Gasteiger partial charge in [-0.2, -0.15) is 0 Å². The summed E-state index contributed by atoms with van der Waals surface area (Å²) in [5.74, 6) is -0.158.